The maximum Gasteiger partial charge on any atom is 0.224 e. The Morgan fingerprint density at radius 3 is 3.21 bits per heavy atom. The van der Waals surface area contributed by atoms with E-state index in [1.807, 2.05) is 6.07 Å². The molecular weight excluding hydrogens is 236 g/mol. The number of allylic oxidation sites excluding steroid dienone is 2. The van der Waals surface area contributed by atoms with Crippen LogP contribution in [0.1, 0.15) is 31.2 Å². The number of rotatable bonds is 3. The largest absolute Gasteiger partial charge is 0.385 e. The Bertz CT molecular complexity index is 507. The van der Waals surface area contributed by atoms with E-state index in [4.69, 9.17) is 0 Å². The molecule has 1 amide bonds. The molecule has 0 spiro atoms. The molecule has 0 fully saturated rings. The normalized spacial score (nSPS) is 20.7. The predicted octanol–water partition coefficient (Wildman–Crippen LogP) is 3.34. The Balaban J connectivity index is 1.62. The fourth-order valence-electron chi connectivity index (χ4n) is 2.85. The zero-order chi connectivity index (χ0) is 13.1. The van der Waals surface area contributed by atoms with E-state index in [9.17, 15) is 4.79 Å². The van der Waals surface area contributed by atoms with Gasteiger partial charge in [-0.1, -0.05) is 18.2 Å². The molecule has 0 saturated carbocycles. The molecule has 3 rings (SSSR count). The average Bonchev–Trinajstić information content (AvgIpc) is 2.91. The van der Waals surface area contributed by atoms with Gasteiger partial charge >= 0.3 is 0 Å². The van der Waals surface area contributed by atoms with Crippen LogP contribution in [0.5, 0.6) is 0 Å². The number of benzene rings is 1. The molecule has 0 radical (unpaired) electrons. The number of carbonyl (C=O) groups is 1. The van der Waals surface area contributed by atoms with Crippen molar-refractivity contribution in [2.45, 2.75) is 32.1 Å². The first kappa shape index (κ1) is 12.3. The second kappa shape index (κ2) is 5.47. The van der Waals surface area contributed by atoms with Gasteiger partial charge in [0.1, 0.15) is 0 Å². The van der Waals surface area contributed by atoms with Crippen molar-refractivity contribution in [3.63, 3.8) is 0 Å². The number of fused-ring (bicyclic) bond motifs is 1. The summed E-state index contributed by atoms with van der Waals surface area (Å²) in [7, 11) is 0. The molecule has 1 atom stereocenters. The lowest BCUT2D eigenvalue weighted by Crippen LogP contribution is -2.16. The van der Waals surface area contributed by atoms with Crippen LogP contribution in [-0.2, 0) is 11.2 Å². The summed E-state index contributed by atoms with van der Waals surface area (Å²) in [5, 5.41) is 6.39. The van der Waals surface area contributed by atoms with Gasteiger partial charge in [0.05, 0.1) is 0 Å². The molecule has 1 aliphatic carbocycles. The minimum absolute atomic E-state index is 0.118. The molecule has 3 nitrogen and oxygen atoms in total. The van der Waals surface area contributed by atoms with Gasteiger partial charge in [-0.3, -0.25) is 4.79 Å². The van der Waals surface area contributed by atoms with Crippen molar-refractivity contribution in [3.8, 4) is 0 Å². The molecule has 0 saturated heterocycles. The third-order valence-electron chi connectivity index (χ3n) is 3.89. The highest BCUT2D eigenvalue weighted by molar-refractivity contribution is 5.91. The van der Waals surface area contributed by atoms with Crippen LogP contribution >= 0.6 is 0 Å². The predicted molar refractivity (Wildman–Crippen MR) is 78.4 cm³/mol. The second-order valence-electron chi connectivity index (χ2n) is 5.42. The van der Waals surface area contributed by atoms with Crippen molar-refractivity contribution < 1.29 is 4.79 Å². The first-order chi connectivity index (χ1) is 9.31. The van der Waals surface area contributed by atoms with Gasteiger partial charge < -0.3 is 10.6 Å². The molecule has 2 aliphatic rings. The molecule has 1 aromatic rings. The van der Waals surface area contributed by atoms with Crippen LogP contribution in [0, 0.1) is 5.92 Å². The Morgan fingerprint density at radius 2 is 2.37 bits per heavy atom. The Hall–Kier alpha value is -1.77. The van der Waals surface area contributed by atoms with E-state index in [0.717, 1.165) is 31.5 Å². The number of amides is 1. The number of anilines is 2. The average molecular weight is 256 g/mol. The fraction of sp³-hybridized carbons (Fsp3) is 0.438. The van der Waals surface area contributed by atoms with Gasteiger partial charge in [-0.05, 0) is 49.3 Å². The van der Waals surface area contributed by atoms with Gasteiger partial charge in [0.15, 0.2) is 0 Å². The molecule has 1 heterocycles. The molecular formula is C16H20N2O. The summed E-state index contributed by atoms with van der Waals surface area (Å²) < 4.78 is 0. The van der Waals surface area contributed by atoms with Crippen LogP contribution < -0.4 is 10.6 Å². The highest BCUT2D eigenvalue weighted by Crippen LogP contribution is 2.26. The third kappa shape index (κ3) is 2.98. The van der Waals surface area contributed by atoms with Gasteiger partial charge in [-0.25, -0.2) is 0 Å². The first-order valence-corrected chi connectivity index (χ1v) is 7.14. The van der Waals surface area contributed by atoms with Crippen molar-refractivity contribution in [2.75, 3.05) is 17.2 Å². The van der Waals surface area contributed by atoms with Crippen molar-refractivity contribution in [1.82, 2.24) is 0 Å². The molecule has 1 unspecified atom stereocenters. The lowest BCUT2D eigenvalue weighted by atomic mass is 10.0. The van der Waals surface area contributed by atoms with Crippen LogP contribution in [0.3, 0.4) is 0 Å². The smallest absolute Gasteiger partial charge is 0.224 e. The highest BCUT2D eigenvalue weighted by Gasteiger charge is 2.15. The summed E-state index contributed by atoms with van der Waals surface area (Å²) >= 11 is 0. The lowest BCUT2D eigenvalue weighted by molar-refractivity contribution is -0.116. The number of hydrogen-bond donors (Lipinski definition) is 2. The minimum atomic E-state index is 0.118. The van der Waals surface area contributed by atoms with Crippen molar-refractivity contribution in [3.05, 3.63) is 35.9 Å². The molecule has 19 heavy (non-hydrogen) atoms. The minimum Gasteiger partial charge on any atom is -0.385 e. The summed E-state index contributed by atoms with van der Waals surface area (Å²) in [5.41, 5.74) is 3.42. The van der Waals surface area contributed by atoms with E-state index in [0.29, 0.717) is 12.3 Å². The van der Waals surface area contributed by atoms with Crippen LogP contribution in [0.15, 0.2) is 30.4 Å². The van der Waals surface area contributed by atoms with Gasteiger partial charge in [0, 0.05) is 24.3 Å². The number of nitrogens with one attached hydrogen (secondary N) is 2. The summed E-state index contributed by atoms with van der Waals surface area (Å²) in [6.07, 6.45) is 9.46. The van der Waals surface area contributed by atoms with Crippen LogP contribution in [0.4, 0.5) is 11.4 Å². The summed E-state index contributed by atoms with van der Waals surface area (Å²) in [4.78, 5) is 12.0. The quantitative estimate of drug-likeness (QED) is 0.814. The van der Waals surface area contributed by atoms with E-state index in [1.165, 1.54) is 17.7 Å². The SMILES string of the molecule is O=C(CC1C=CCC1)Nc1ccc2c(c1)NCCC2. The van der Waals surface area contributed by atoms with E-state index in [2.05, 4.69) is 34.9 Å². The first-order valence-electron chi connectivity index (χ1n) is 7.14. The monoisotopic (exact) mass is 256 g/mol. The zero-order valence-corrected chi connectivity index (χ0v) is 11.1. The lowest BCUT2D eigenvalue weighted by Gasteiger charge is -2.19. The molecule has 1 aromatic carbocycles. The summed E-state index contributed by atoms with van der Waals surface area (Å²) in [6.45, 7) is 1.03. The van der Waals surface area contributed by atoms with Gasteiger partial charge in [0.25, 0.3) is 0 Å². The Labute approximate surface area is 114 Å². The fourth-order valence-corrected chi connectivity index (χ4v) is 2.85. The van der Waals surface area contributed by atoms with E-state index in [-0.39, 0.29) is 5.91 Å². The topological polar surface area (TPSA) is 41.1 Å². The molecule has 0 bridgehead atoms. The zero-order valence-electron chi connectivity index (χ0n) is 11.1. The number of aryl methyl sites for hydroxylation is 1. The van der Waals surface area contributed by atoms with E-state index in [1.54, 1.807) is 0 Å². The standard InChI is InChI=1S/C16H20N2O/c19-16(10-12-4-1-2-5-12)18-14-8-7-13-6-3-9-17-15(13)11-14/h1,4,7-8,11-12,17H,2-3,5-6,9-10H2,(H,18,19). The van der Waals surface area contributed by atoms with Crippen LogP contribution in [-0.4, -0.2) is 12.5 Å². The Morgan fingerprint density at radius 1 is 1.42 bits per heavy atom. The van der Waals surface area contributed by atoms with E-state index >= 15 is 0 Å². The van der Waals surface area contributed by atoms with Crippen molar-refractivity contribution in [1.29, 1.82) is 0 Å². The van der Waals surface area contributed by atoms with Crippen molar-refractivity contribution in [2.24, 2.45) is 5.92 Å². The maximum absolute atomic E-state index is 12.0. The number of carbonyl (C=O) groups excluding carboxylic acids is 1. The van der Waals surface area contributed by atoms with Crippen molar-refractivity contribution >= 4 is 17.3 Å². The van der Waals surface area contributed by atoms with E-state index < -0.39 is 0 Å². The summed E-state index contributed by atoms with van der Waals surface area (Å²) in [6, 6.07) is 6.18. The Kier molecular flexibility index (Phi) is 3.53. The molecule has 100 valence electrons. The highest BCUT2D eigenvalue weighted by atomic mass is 16.1. The van der Waals surface area contributed by atoms with Gasteiger partial charge in [-0.15, -0.1) is 0 Å². The van der Waals surface area contributed by atoms with Crippen LogP contribution in [0.25, 0.3) is 0 Å². The molecule has 3 heteroatoms. The molecule has 0 aromatic heterocycles. The van der Waals surface area contributed by atoms with Gasteiger partial charge in [0.2, 0.25) is 5.91 Å². The molecule has 2 N–H and O–H groups in total. The third-order valence-corrected chi connectivity index (χ3v) is 3.89. The second-order valence-corrected chi connectivity index (χ2v) is 5.42. The maximum atomic E-state index is 12.0. The van der Waals surface area contributed by atoms with Crippen LogP contribution in [0.2, 0.25) is 0 Å². The number of hydrogen-bond acceptors (Lipinski definition) is 2. The summed E-state index contributed by atoms with van der Waals surface area (Å²) in [5.74, 6) is 0.545. The molecule has 1 aliphatic heterocycles. The van der Waals surface area contributed by atoms with Gasteiger partial charge in [-0.2, -0.15) is 0 Å².